The molecule has 3 heteroatoms. The number of carbonyl (C=O) groups excluding carboxylic acids is 2. The first-order valence-corrected chi connectivity index (χ1v) is 5.37. The zero-order valence-corrected chi connectivity index (χ0v) is 8.88. The Morgan fingerprint density at radius 2 is 2.00 bits per heavy atom. The Morgan fingerprint density at radius 1 is 1.36 bits per heavy atom. The zero-order valence-electron chi connectivity index (χ0n) is 8.88. The third-order valence-corrected chi connectivity index (χ3v) is 3.76. The van der Waals surface area contributed by atoms with Crippen LogP contribution in [0, 0.1) is 11.3 Å². The standard InChI is InChI=1S/C11H17NO2/c1-8(2)11(4-5-11)7-12-6-3-9(13)10(12)14/h8H,3-7H2,1-2H3. The predicted octanol–water partition coefficient (Wildman–Crippen LogP) is 1.22. The van der Waals surface area contributed by atoms with E-state index in [4.69, 9.17) is 0 Å². The fraction of sp³-hybridized carbons (Fsp3) is 0.818. The van der Waals surface area contributed by atoms with Gasteiger partial charge in [-0.05, 0) is 24.2 Å². The molecule has 14 heavy (non-hydrogen) atoms. The van der Waals surface area contributed by atoms with Crippen LogP contribution < -0.4 is 0 Å². The van der Waals surface area contributed by atoms with Crippen LogP contribution in [0.1, 0.15) is 33.1 Å². The van der Waals surface area contributed by atoms with Gasteiger partial charge in [0.05, 0.1) is 0 Å². The van der Waals surface area contributed by atoms with Crippen LogP contribution in [0.4, 0.5) is 0 Å². The molecule has 1 aliphatic heterocycles. The number of ketones is 1. The van der Waals surface area contributed by atoms with Gasteiger partial charge in [-0.3, -0.25) is 9.59 Å². The second kappa shape index (κ2) is 3.07. The number of likely N-dealkylation sites (tertiary alicyclic amines) is 1. The summed E-state index contributed by atoms with van der Waals surface area (Å²) in [7, 11) is 0. The van der Waals surface area contributed by atoms with E-state index >= 15 is 0 Å². The average Bonchev–Trinajstić information content (AvgIpc) is 2.85. The first-order valence-electron chi connectivity index (χ1n) is 5.37. The highest BCUT2D eigenvalue weighted by atomic mass is 16.2. The molecule has 1 aliphatic carbocycles. The zero-order chi connectivity index (χ0) is 10.3. The Bertz CT molecular complexity index is 279. The molecule has 78 valence electrons. The van der Waals surface area contributed by atoms with Crippen LogP contribution in [-0.4, -0.2) is 29.7 Å². The Morgan fingerprint density at radius 3 is 2.36 bits per heavy atom. The molecule has 1 saturated heterocycles. The van der Waals surface area contributed by atoms with E-state index in [0.717, 1.165) is 6.54 Å². The fourth-order valence-corrected chi connectivity index (χ4v) is 2.23. The normalized spacial score (nSPS) is 24.9. The quantitative estimate of drug-likeness (QED) is 0.635. The van der Waals surface area contributed by atoms with Gasteiger partial charge in [0.15, 0.2) is 0 Å². The number of rotatable bonds is 3. The maximum atomic E-state index is 11.4. The van der Waals surface area contributed by atoms with E-state index in [-0.39, 0.29) is 11.7 Å². The van der Waals surface area contributed by atoms with Gasteiger partial charge in [-0.25, -0.2) is 0 Å². The third-order valence-electron chi connectivity index (χ3n) is 3.76. The minimum absolute atomic E-state index is 0.204. The molecule has 0 unspecified atom stereocenters. The maximum absolute atomic E-state index is 11.4. The number of hydrogen-bond acceptors (Lipinski definition) is 2. The van der Waals surface area contributed by atoms with Crippen molar-refractivity contribution in [2.24, 2.45) is 11.3 Å². The lowest BCUT2D eigenvalue weighted by Gasteiger charge is -2.25. The molecule has 0 aromatic heterocycles. The van der Waals surface area contributed by atoms with E-state index < -0.39 is 0 Å². The lowest BCUT2D eigenvalue weighted by Crippen LogP contribution is -2.35. The molecular weight excluding hydrogens is 178 g/mol. The Kier molecular flexibility index (Phi) is 2.13. The van der Waals surface area contributed by atoms with Crippen LogP contribution in [0.2, 0.25) is 0 Å². The Balaban J connectivity index is 1.99. The van der Waals surface area contributed by atoms with Crippen LogP contribution in [0.25, 0.3) is 0 Å². The minimum atomic E-state index is -0.253. The fourth-order valence-electron chi connectivity index (χ4n) is 2.23. The maximum Gasteiger partial charge on any atom is 0.290 e. The van der Waals surface area contributed by atoms with Gasteiger partial charge in [0.1, 0.15) is 0 Å². The van der Waals surface area contributed by atoms with Gasteiger partial charge in [0, 0.05) is 19.5 Å². The summed E-state index contributed by atoms with van der Waals surface area (Å²) in [6, 6.07) is 0. The van der Waals surface area contributed by atoms with Crippen molar-refractivity contribution in [2.75, 3.05) is 13.1 Å². The molecule has 0 aromatic carbocycles. The summed E-state index contributed by atoms with van der Waals surface area (Å²) >= 11 is 0. The predicted molar refractivity (Wildman–Crippen MR) is 52.7 cm³/mol. The summed E-state index contributed by atoms with van der Waals surface area (Å²) in [5, 5.41) is 0. The summed E-state index contributed by atoms with van der Waals surface area (Å²) in [4.78, 5) is 24.2. The summed E-state index contributed by atoms with van der Waals surface area (Å²) < 4.78 is 0. The molecule has 1 heterocycles. The highest BCUT2D eigenvalue weighted by Gasteiger charge is 2.48. The summed E-state index contributed by atoms with van der Waals surface area (Å²) in [5.74, 6) is 0.160. The van der Waals surface area contributed by atoms with Crippen molar-refractivity contribution in [3.05, 3.63) is 0 Å². The van der Waals surface area contributed by atoms with Gasteiger partial charge < -0.3 is 4.90 Å². The largest absolute Gasteiger partial charge is 0.335 e. The lowest BCUT2D eigenvalue weighted by molar-refractivity contribution is -0.140. The highest BCUT2D eigenvalue weighted by Crippen LogP contribution is 2.52. The molecule has 2 aliphatic rings. The minimum Gasteiger partial charge on any atom is -0.335 e. The molecule has 0 N–H and O–H groups in total. The molecular formula is C11H17NO2. The van der Waals surface area contributed by atoms with Gasteiger partial charge in [-0.15, -0.1) is 0 Å². The van der Waals surface area contributed by atoms with Gasteiger partial charge in [-0.2, -0.15) is 0 Å². The Hall–Kier alpha value is -0.860. The number of hydrogen-bond donors (Lipinski definition) is 0. The smallest absolute Gasteiger partial charge is 0.290 e. The van der Waals surface area contributed by atoms with Crippen molar-refractivity contribution in [3.8, 4) is 0 Å². The third kappa shape index (κ3) is 1.45. The monoisotopic (exact) mass is 195 g/mol. The van der Waals surface area contributed by atoms with E-state index in [9.17, 15) is 9.59 Å². The molecule has 0 spiro atoms. The van der Waals surface area contributed by atoms with E-state index in [0.29, 0.717) is 24.3 Å². The van der Waals surface area contributed by atoms with E-state index in [1.165, 1.54) is 12.8 Å². The Labute approximate surface area is 84.5 Å². The van der Waals surface area contributed by atoms with Crippen LogP contribution in [0.5, 0.6) is 0 Å². The summed E-state index contributed by atoms with van der Waals surface area (Å²) in [5.41, 5.74) is 0.334. The van der Waals surface area contributed by atoms with Crippen molar-refractivity contribution in [1.29, 1.82) is 0 Å². The van der Waals surface area contributed by atoms with Gasteiger partial charge >= 0.3 is 0 Å². The van der Waals surface area contributed by atoms with Crippen LogP contribution in [-0.2, 0) is 9.59 Å². The molecule has 1 saturated carbocycles. The van der Waals surface area contributed by atoms with Crippen molar-refractivity contribution in [3.63, 3.8) is 0 Å². The van der Waals surface area contributed by atoms with Crippen molar-refractivity contribution in [1.82, 2.24) is 4.90 Å². The van der Waals surface area contributed by atoms with Crippen molar-refractivity contribution >= 4 is 11.7 Å². The van der Waals surface area contributed by atoms with Gasteiger partial charge in [0.25, 0.3) is 5.91 Å². The second-order valence-electron chi connectivity index (χ2n) is 4.92. The topological polar surface area (TPSA) is 37.4 Å². The lowest BCUT2D eigenvalue weighted by atomic mass is 9.92. The molecule has 0 radical (unpaired) electrons. The molecule has 0 bridgehead atoms. The van der Waals surface area contributed by atoms with Crippen molar-refractivity contribution < 1.29 is 9.59 Å². The summed E-state index contributed by atoms with van der Waals surface area (Å²) in [6.07, 6.45) is 2.85. The molecule has 2 rings (SSSR count). The number of carbonyl (C=O) groups is 2. The molecule has 0 aromatic rings. The van der Waals surface area contributed by atoms with Gasteiger partial charge in [-0.1, -0.05) is 13.8 Å². The van der Waals surface area contributed by atoms with Crippen molar-refractivity contribution in [2.45, 2.75) is 33.1 Å². The molecule has 0 atom stereocenters. The van der Waals surface area contributed by atoms with Crippen LogP contribution in [0.15, 0.2) is 0 Å². The first kappa shape index (κ1) is 9.69. The van der Waals surface area contributed by atoms with E-state index in [1.54, 1.807) is 4.90 Å². The SMILES string of the molecule is CC(C)C1(CN2CCC(=O)C2=O)CC1. The number of amides is 1. The number of nitrogens with zero attached hydrogens (tertiary/aromatic N) is 1. The highest BCUT2D eigenvalue weighted by molar-refractivity contribution is 6.37. The average molecular weight is 195 g/mol. The summed E-state index contributed by atoms with van der Waals surface area (Å²) in [6.45, 7) is 5.85. The number of Topliss-reactive ketones (excluding diaryl/α,β-unsaturated/α-hetero) is 1. The van der Waals surface area contributed by atoms with Crippen LogP contribution >= 0.6 is 0 Å². The van der Waals surface area contributed by atoms with Crippen LogP contribution in [0.3, 0.4) is 0 Å². The second-order valence-corrected chi connectivity index (χ2v) is 4.92. The molecule has 1 amide bonds. The molecule has 2 fully saturated rings. The van der Waals surface area contributed by atoms with Gasteiger partial charge in [0.2, 0.25) is 5.78 Å². The first-order chi connectivity index (χ1) is 6.55. The van der Waals surface area contributed by atoms with E-state index in [2.05, 4.69) is 13.8 Å². The van der Waals surface area contributed by atoms with E-state index in [1.807, 2.05) is 0 Å². The molecule has 3 nitrogen and oxygen atoms in total.